The highest BCUT2D eigenvalue weighted by atomic mass is 16.2. The Morgan fingerprint density at radius 3 is 0.259 bits per heavy atom. The van der Waals surface area contributed by atoms with Crippen LogP contribution < -0.4 is 206 Å². The van der Waals surface area contributed by atoms with Gasteiger partial charge in [-0.15, -0.1) is 0 Å². The summed E-state index contributed by atoms with van der Waals surface area (Å²) >= 11 is 0. The van der Waals surface area contributed by atoms with Crippen LogP contribution in [0, 0.1) is 0 Å². The first kappa shape index (κ1) is 115. The van der Waals surface area contributed by atoms with Crippen LogP contribution in [0.15, 0.2) is 44.9 Å². The molecule has 108 heavy (non-hydrogen) atoms. The molecule has 0 aliphatic heterocycles. The van der Waals surface area contributed by atoms with Crippen LogP contribution in [0.3, 0.4) is 0 Å². The molecule has 54 nitrogen and oxygen atoms in total. The molecule has 0 rings (SSSR count). The van der Waals surface area contributed by atoms with Crippen LogP contribution in [-0.2, 0) is 43.2 Å². The molecule has 630 valence electrons. The van der Waals surface area contributed by atoms with Gasteiger partial charge >= 0.3 is 0 Å². The molecule has 0 radical (unpaired) electrons. The number of primary amides is 9. The van der Waals surface area contributed by atoms with Crippen molar-refractivity contribution in [3.8, 4) is 0 Å². The third-order valence-electron chi connectivity index (χ3n) is 12.0. The van der Waals surface area contributed by atoms with Crippen molar-refractivity contribution in [2.24, 2.45) is 251 Å². The minimum atomic E-state index is -0.598. The molecule has 0 unspecified atom stereocenters. The average molecular weight is 1560 g/mol. The number of amides is 9. The van der Waals surface area contributed by atoms with Crippen molar-refractivity contribution in [2.75, 3.05) is 58.9 Å². The highest BCUT2D eigenvalue weighted by molar-refractivity contribution is 5.84. The fourth-order valence-corrected chi connectivity index (χ4v) is 5.95. The number of hydrogen-bond acceptors (Lipinski definition) is 27. The molecule has 0 aliphatic rings. The lowest BCUT2D eigenvalue weighted by Gasteiger charge is -2.04. The maximum absolute atomic E-state index is 10.4. The van der Waals surface area contributed by atoms with E-state index in [1.165, 1.54) is 0 Å². The molecule has 0 saturated heterocycles. The summed E-state index contributed by atoms with van der Waals surface area (Å²) in [7, 11) is 0. The fourth-order valence-electron chi connectivity index (χ4n) is 5.95. The topological polar surface area (TPSA) is 1200 Å². The molecule has 0 aromatic carbocycles. The van der Waals surface area contributed by atoms with Crippen LogP contribution in [0.25, 0.3) is 0 Å². The smallest absolute Gasteiger partial charge is 0.234 e. The average Bonchev–Trinajstić information content (AvgIpc) is 2.59. The zero-order chi connectivity index (χ0) is 86.0. The zero-order valence-corrected chi connectivity index (χ0v) is 61.8. The van der Waals surface area contributed by atoms with Crippen LogP contribution in [-0.4, -0.2) is 220 Å². The van der Waals surface area contributed by atoms with Crippen molar-refractivity contribution in [1.29, 1.82) is 0 Å². The van der Waals surface area contributed by atoms with Crippen molar-refractivity contribution in [3.05, 3.63) is 0 Å². The molecule has 0 heterocycles. The van der Waals surface area contributed by atoms with Crippen LogP contribution >= 0.6 is 0 Å². The number of aliphatic imine (C=N–C) groups is 9. The molecule has 0 aliphatic carbocycles. The third kappa shape index (κ3) is 108. The molecule has 0 aromatic rings. The number of carbonyl (C=O) groups is 9. The number of nitrogens with two attached hydrogens (primary N) is 36. The summed E-state index contributed by atoms with van der Waals surface area (Å²) in [5, 5.41) is 0. The molecule has 9 atom stereocenters. The Hall–Kier alpha value is -11.7. The second kappa shape index (κ2) is 76.4. The van der Waals surface area contributed by atoms with Crippen molar-refractivity contribution in [1.82, 2.24) is 0 Å². The molecular weight excluding hydrogens is 1420 g/mol. The van der Waals surface area contributed by atoms with E-state index in [0.717, 1.165) is 0 Å². The Kier molecular flexibility index (Phi) is 81.2. The van der Waals surface area contributed by atoms with E-state index in [1.807, 2.05) is 0 Å². The molecule has 0 fully saturated rings. The van der Waals surface area contributed by atoms with E-state index in [-0.39, 0.29) is 53.6 Å². The van der Waals surface area contributed by atoms with Gasteiger partial charge in [0, 0.05) is 58.9 Å². The quantitative estimate of drug-likeness (QED) is 0.0153. The summed E-state index contributed by atoms with van der Waals surface area (Å²) in [6.07, 6.45) is 10.4. The lowest BCUT2D eigenvalue weighted by molar-refractivity contribution is -0.120. The number of nitrogens with zero attached hydrogens (tertiary/aromatic N) is 9. The Balaban J connectivity index is -0.000000146. The third-order valence-corrected chi connectivity index (χ3v) is 12.0. The van der Waals surface area contributed by atoms with Gasteiger partial charge in [-0.05, 0) is 116 Å². The predicted octanol–water partition coefficient (Wildman–Crippen LogP) is -19.3. The molecule has 0 spiro atoms. The second-order valence-corrected chi connectivity index (χ2v) is 22.1. The van der Waals surface area contributed by atoms with Crippen molar-refractivity contribution >= 4 is 107 Å². The van der Waals surface area contributed by atoms with E-state index in [9.17, 15) is 43.2 Å². The van der Waals surface area contributed by atoms with E-state index in [0.29, 0.717) is 174 Å². The van der Waals surface area contributed by atoms with E-state index in [1.54, 1.807) is 0 Å². The summed E-state index contributed by atoms with van der Waals surface area (Å²) in [5.74, 6) is -4.11. The van der Waals surface area contributed by atoms with Gasteiger partial charge in [0.1, 0.15) is 0 Å². The van der Waals surface area contributed by atoms with E-state index >= 15 is 0 Å². The van der Waals surface area contributed by atoms with Gasteiger partial charge in [0.25, 0.3) is 0 Å². The van der Waals surface area contributed by atoms with Crippen molar-refractivity contribution in [2.45, 2.75) is 170 Å². The molecule has 0 bridgehead atoms. The largest absolute Gasteiger partial charge is 0.370 e. The monoisotopic (exact) mass is 1560 g/mol. The lowest BCUT2D eigenvalue weighted by Crippen LogP contribution is -2.36. The standard InChI is InChI=1S/9C6H15N5O/c9*7-4(5(8)12)2-1-3-11-6(9)10/h9*4H,1-3,7H2,(H2,8,12)(H4,9,10,11)/t9*4-/m111111111/s1. The Morgan fingerprint density at radius 2 is 0.213 bits per heavy atom. The van der Waals surface area contributed by atoms with Crippen molar-refractivity contribution in [3.63, 3.8) is 0 Å². The van der Waals surface area contributed by atoms with Crippen LogP contribution in [0.4, 0.5) is 0 Å². The Morgan fingerprint density at radius 1 is 0.148 bits per heavy atom. The predicted molar refractivity (Wildman–Crippen MR) is 424 cm³/mol. The molecular formula is C54H135N45O9. The molecule has 54 heteroatoms. The van der Waals surface area contributed by atoms with E-state index < -0.39 is 108 Å². The normalized spacial score (nSPS) is 12.1. The molecule has 0 saturated carbocycles. The summed E-state index contributed by atoms with van der Waals surface area (Å²) in [6.45, 7) is 4.28. The first-order valence-electron chi connectivity index (χ1n) is 32.8. The summed E-state index contributed by atoms with van der Waals surface area (Å²) < 4.78 is 0. The first-order chi connectivity index (χ1) is 49.8. The van der Waals surface area contributed by atoms with Gasteiger partial charge in [-0.3, -0.25) is 88.1 Å². The maximum Gasteiger partial charge on any atom is 0.234 e. The minimum absolute atomic E-state index is 0.0441. The first-order valence-corrected chi connectivity index (χ1v) is 32.8. The van der Waals surface area contributed by atoms with Gasteiger partial charge in [-0.25, -0.2) is 0 Å². The highest BCUT2D eigenvalue weighted by Gasteiger charge is 2.13. The fraction of sp³-hybridized carbons (Fsp3) is 0.667. The molecule has 0 aromatic heterocycles. The number of rotatable bonds is 45. The van der Waals surface area contributed by atoms with Crippen LogP contribution in [0.5, 0.6) is 0 Å². The van der Waals surface area contributed by atoms with Gasteiger partial charge < -0.3 is 206 Å². The summed E-state index contributed by atoms with van der Waals surface area (Å²) in [5.41, 5.74) is 184. The Labute approximate surface area is 628 Å². The summed E-state index contributed by atoms with van der Waals surface area (Å²) in [4.78, 5) is 127. The zero-order valence-electron chi connectivity index (χ0n) is 61.8. The summed E-state index contributed by atoms with van der Waals surface area (Å²) in [6, 6.07) is -5.38. The lowest BCUT2D eigenvalue weighted by atomic mass is 10.1. The molecule has 9 amide bonds. The highest BCUT2D eigenvalue weighted by Crippen LogP contribution is 2.00. The number of hydrogen-bond donors (Lipinski definition) is 36. The van der Waals surface area contributed by atoms with Gasteiger partial charge in [0.2, 0.25) is 53.2 Å². The van der Waals surface area contributed by atoms with E-state index in [4.69, 9.17) is 206 Å². The van der Waals surface area contributed by atoms with Gasteiger partial charge in [-0.1, -0.05) is 0 Å². The molecule has 72 N–H and O–H groups in total. The maximum atomic E-state index is 10.4. The SMILES string of the molecule is NC(=O)[C@H](N)CCCN=C(N)N.NC(=O)[C@H](N)CCCN=C(N)N.NC(=O)[C@H](N)CCCN=C(N)N.NC(=O)[C@H](N)CCCN=C(N)N.NC(=O)[C@H](N)CCCN=C(N)N.NC(=O)[C@H](N)CCCN=C(N)N.NC(=O)[C@H](N)CCCN=C(N)N.NC(=O)[C@H](N)CCCN=C(N)N.NC(=O)[C@H](N)CCCN=C(N)N. The Bertz CT molecular complexity index is 2140. The minimum Gasteiger partial charge on any atom is -0.370 e. The van der Waals surface area contributed by atoms with Crippen LogP contribution in [0.2, 0.25) is 0 Å². The van der Waals surface area contributed by atoms with Gasteiger partial charge in [0.05, 0.1) is 54.4 Å². The van der Waals surface area contributed by atoms with Crippen LogP contribution in [0.1, 0.15) is 116 Å². The second-order valence-electron chi connectivity index (χ2n) is 22.1. The van der Waals surface area contributed by atoms with Crippen molar-refractivity contribution < 1.29 is 43.2 Å². The number of guanidine groups is 9. The number of carbonyl (C=O) groups excluding carboxylic acids is 9. The van der Waals surface area contributed by atoms with Gasteiger partial charge in [-0.2, -0.15) is 0 Å². The van der Waals surface area contributed by atoms with E-state index in [2.05, 4.69) is 44.9 Å². The van der Waals surface area contributed by atoms with Gasteiger partial charge in [0.15, 0.2) is 53.6 Å².